The van der Waals surface area contributed by atoms with Crippen LogP contribution >= 0.6 is 0 Å². The second kappa shape index (κ2) is 8.21. The average molecular weight is 205 g/mol. The molecule has 15 heavy (non-hydrogen) atoms. The van der Waals surface area contributed by atoms with Crippen LogP contribution in [0, 0.1) is 0 Å². The lowest BCUT2D eigenvalue weighted by molar-refractivity contribution is 0.199. The summed E-state index contributed by atoms with van der Waals surface area (Å²) >= 11 is 0. The minimum atomic E-state index is 0.780. The monoisotopic (exact) mass is 205 g/mol. The highest BCUT2D eigenvalue weighted by atomic mass is 16.5. The van der Waals surface area contributed by atoms with Crippen LogP contribution in [-0.2, 0) is 4.74 Å². The van der Waals surface area contributed by atoms with Gasteiger partial charge in [-0.25, -0.2) is 0 Å². The van der Waals surface area contributed by atoms with E-state index >= 15 is 0 Å². The van der Waals surface area contributed by atoms with Crippen molar-refractivity contribution in [2.45, 2.75) is 6.42 Å². The summed E-state index contributed by atoms with van der Waals surface area (Å²) in [5.41, 5.74) is 1.26. The maximum Gasteiger partial charge on any atom is 0.0587 e. The fourth-order valence-electron chi connectivity index (χ4n) is 1.27. The van der Waals surface area contributed by atoms with E-state index in [-0.39, 0.29) is 0 Å². The number of rotatable bonds is 7. The third kappa shape index (κ3) is 6.05. The van der Waals surface area contributed by atoms with E-state index < -0.39 is 0 Å². The maximum atomic E-state index is 4.94. The van der Waals surface area contributed by atoms with Gasteiger partial charge >= 0.3 is 0 Å². The first-order chi connectivity index (χ1) is 7.43. The summed E-state index contributed by atoms with van der Waals surface area (Å²) in [4.78, 5) is 0. The Labute approximate surface area is 92.0 Å². The summed E-state index contributed by atoms with van der Waals surface area (Å²) in [6, 6.07) is 10.3. The summed E-state index contributed by atoms with van der Waals surface area (Å²) in [5.74, 6) is 0. The molecule has 1 N–H and O–H groups in total. The smallest absolute Gasteiger partial charge is 0.0587 e. The van der Waals surface area contributed by atoms with E-state index in [0.29, 0.717) is 0 Å². The molecule has 2 heteroatoms. The molecule has 1 aromatic rings. The van der Waals surface area contributed by atoms with Crippen molar-refractivity contribution < 1.29 is 4.74 Å². The lowest BCUT2D eigenvalue weighted by Gasteiger charge is -2.00. The van der Waals surface area contributed by atoms with Crippen LogP contribution in [0.5, 0.6) is 0 Å². The van der Waals surface area contributed by atoms with Crippen molar-refractivity contribution in [3.05, 3.63) is 42.0 Å². The molecule has 0 aliphatic rings. The van der Waals surface area contributed by atoms with Gasteiger partial charge in [0.15, 0.2) is 0 Å². The van der Waals surface area contributed by atoms with E-state index in [1.54, 1.807) is 7.11 Å². The van der Waals surface area contributed by atoms with E-state index in [0.717, 1.165) is 26.1 Å². The number of benzene rings is 1. The van der Waals surface area contributed by atoms with Crippen molar-refractivity contribution in [2.24, 2.45) is 0 Å². The van der Waals surface area contributed by atoms with Crippen LogP contribution in [0.3, 0.4) is 0 Å². The lowest BCUT2D eigenvalue weighted by Crippen LogP contribution is -2.19. The number of hydrogen-bond acceptors (Lipinski definition) is 2. The molecule has 0 saturated heterocycles. The minimum absolute atomic E-state index is 0.780. The maximum absolute atomic E-state index is 4.94. The molecule has 0 heterocycles. The Kier molecular flexibility index (Phi) is 6.54. The first-order valence-electron chi connectivity index (χ1n) is 5.34. The van der Waals surface area contributed by atoms with Gasteiger partial charge in [0.25, 0.3) is 0 Å². The van der Waals surface area contributed by atoms with Gasteiger partial charge in [-0.2, -0.15) is 0 Å². The molecule has 0 unspecified atom stereocenters. The summed E-state index contributed by atoms with van der Waals surface area (Å²) in [5, 5.41) is 3.30. The van der Waals surface area contributed by atoms with Gasteiger partial charge in [0.05, 0.1) is 6.61 Å². The Balaban J connectivity index is 2.07. The summed E-state index contributed by atoms with van der Waals surface area (Å²) < 4.78 is 4.94. The molecule has 0 fully saturated rings. The van der Waals surface area contributed by atoms with Gasteiger partial charge in [-0.15, -0.1) is 0 Å². The third-order valence-corrected chi connectivity index (χ3v) is 2.08. The highest BCUT2D eigenvalue weighted by molar-refractivity contribution is 5.48. The molecule has 82 valence electrons. The van der Waals surface area contributed by atoms with Crippen LogP contribution in [0.25, 0.3) is 6.08 Å². The Morgan fingerprint density at radius 3 is 2.73 bits per heavy atom. The SMILES string of the molecule is COCCNCCC=Cc1ccccc1. The number of ether oxygens (including phenoxy) is 1. The predicted molar refractivity (Wildman–Crippen MR) is 64.8 cm³/mol. The van der Waals surface area contributed by atoms with Crippen LogP contribution in [-0.4, -0.2) is 26.8 Å². The highest BCUT2D eigenvalue weighted by Crippen LogP contribution is 2.01. The molecule has 0 aromatic heterocycles. The van der Waals surface area contributed by atoms with Gasteiger partial charge in [-0.05, 0) is 18.5 Å². The Hall–Kier alpha value is -1.12. The predicted octanol–water partition coefficient (Wildman–Crippen LogP) is 2.33. The molecule has 0 spiro atoms. The molecule has 0 atom stereocenters. The minimum Gasteiger partial charge on any atom is -0.383 e. The molecule has 0 saturated carbocycles. The molecule has 1 aromatic carbocycles. The first-order valence-corrected chi connectivity index (χ1v) is 5.34. The molecule has 2 nitrogen and oxygen atoms in total. The van der Waals surface area contributed by atoms with E-state index in [1.807, 2.05) is 6.07 Å². The summed E-state index contributed by atoms with van der Waals surface area (Å²) in [6.07, 6.45) is 5.39. The zero-order chi connectivity index (χ0) is 10.8. The Bertz CT molecular complexity index is 269. The number of hydrogen-bond donors (Lipinski definition) is 1. The molecule has 0 aliphatic carbocycles. The van der Waals surface area contributed by atoms with Gasteiger partial charge in [0.1, 0.15) is 0 Å². The lowest BCUT2D eigenvalue weighted by atomic mass is 10.2. The fraction of sp³-hybridized carbons (Fsp3) is 0.385. The van der Waals surface area contributed by atoms with Crippen LogP contribution < -0.4 is 5.32 Å². The topological polar surface area (TPSA) is 21.3 Å². The van der Waals surface area contributed by atoms with Crippen molar-refractivity contribution in [2.75, 3.05) is 26.8 Å². The number of methoxy groups -OCH3 is 1. The zero-order valence-corrected chi connectivity index (χ0v) is 9.28. The van der Waals surface area contributed by atoms with Crippen molar-refractivity contribution >= 4 is 6.08 Å². The Morgan fingerprint density at radius 1 is 1.20 bits per heavy atom. The van der Waals surface area contributed by atoms with Crippen LogP contribution in [0.2, 0.25) is 0 Å². The quantitative estimate of drug-likeness (QED) is 0.690. The summed E-state index contributed by atoms with van der Waals surface area (Å²) in [7, 11) is 1.72. The first kappa shape index (κ1) is 12.0. The van der Waals surface area contributed by atoms with E-state index in [2.05, 4.69) is 41.7 Å². The third-order valence-electron chi connectivity index (χ3n) is 2.08. The van der Waals surface area contributed by atoms with Crippen molar-refractivity contribution in [3.63, 3.8) is 0 Å². The molecule has 0 bridgehead atoms. The van der Waals surface area contributed by atoms with Gasteiger partial charge in [0.2, 0.25) is 0 Å². The fourth-order valence-corrected chi connectivity index (χ4v) is 1.27. The second-order valence-electron chi connectivity index (χ2n) is 3.34. The van der Waals surface area contributed by atoms with Gasteiger partial charge in [-0.1, -0.05) is 42.5 Å². The van der Waals surface area contributed by atoms with Gasteiger partial charge in [0, 0.05) is 13.7 Å². The average Bonchev–Trinajstić information content (AvgIpc) is 2.29. The zero-order valence-electron chi connectivity index (χ0n) is 9.28. The molecule has 0 amide bonds. The molecular weight excluding hydrogens is 186 g/mol. The van der Waals surface area contributed by atoms with Crippen molar-refractivity contribution in [1.82, 2.24) is 5.32 Å². The second-order valence-corrected chi connectivity index (χ2v) is 3.34. The Morgan fingerprint density at radius 2 is 2.00 bits per heavy atom. The van der Waals surface area contributed by atoms with Crippen molar-refractivity contribution in [1.29, 1.82) is 0 Å². The van der Waals surface area contributed by atoms with Gasteiger partial charge in [-0.3, -0.25) is 0 Å². The van der Waals surface area contributed by atoms with Crippen LogP contribution in [0.1, 0.15) is 12.0 Å². The van der Waals surface area contributed by atoms with E-state index in [4.69, 9.17) is 4.74 Å². The normalized spacial score (nSPS) is 11.0. The molecular formula is C13H19NO. The highest BCUT2D eigenvalue weighted by Gasteiger charge is 1.85. The van der Waals surface area contributed by atoms with E-state index in [1.165, 1.54) is 5.56 Å². The van der Waals surface area contributed by atoms with Gasteiger partial charge < -0.3 is 10.1 Å². The summed E-state index contributed by atoms with van der Waals surface area (Å²) in [6.45, 7) is 2.71. The molecule has 1 rings (SSSR count). The van der Waals surface area contributed by atoms with Crippen molar-refractivity contribution in [3.8, 4) is 0 Å². The van der Waals surface area contributed by atoms with Crippen LogP contribution in [0.4, 0.5) is 0 Å². The largest absolute Gasteiger partial charge is 0.383 e. The van der Waals surface area contributed by atoms with E-state index in [9.17, 15) is 0 Å². The molecule has 0 radical (unpaired) electrons. The number of nitrogens with one attached hydrogen (secondary N) is 1. The van der Waals surface area contributed by atoms with Crippen LogP contribution in [0.15, 0.2) is 36.4 Å². The standard InChI is InChI=1S/C13H19NO/c1-15-12-11-14-10-6-5-9-13-7-3-2-4-8-13/h2-5,7-9,14H,6,10-12H2,1H3. The molecule has 0 aliphatic heterocycles.